The van der Waals surface area contributed by atoms with E-state index >= 15 is 0 Å². The zero-order chi connectivity index (χ0) is 39.9. The van der Waals surface area contributed by atoms with Crippen LogP contribution in [0.3, 0.4) is 0 Å². The predicted molar refractivity (Wildman–Crippen MR) is 200 cm³/mol. The standard InChI is InChI=1S/C35H25Cl6F2N3O8/c1-15(47)45-27-10-21(36)6-19(31(27)42)13-52-33-23(38)3-17(4-24(33)39)5-29(49)54-30(50)12-44-35(51)18-8-25(40)34(26(41)9-18)53-14-20-7-22(37)11-28(32(20)43)46-16(2)48/h3-4,6-11H,5,12-14H2,1-2H3,(H,44,51)(H,45,47)(H,46,48). The molecular formula is C35H25Cl6F2N3O8. The summed E-state index contributed by atoms with van der Waals surface area (Å²) in [6.45, 7) is 0.924. The lowest BCUT2D eigenvalue weighted by Crippen LogP contribution is -2.32. The van der Waals surface area contributed by atoms with Gasteiger partial charge < -0.3 is 30.2 Å². The summed E-state index contributed by atoms with van der Waals surface area (Å²) in [4.78, 5) is 60.3. The molecule has 3 amide bonds. The molecule has 3 N–H and O–H groups in total. The molecule has 19 heteroatoms. The first-order chi connectivity index (χ1) is 25.4. The van der Waals surface area contributed by atoms with Crippen LogP contribution in [-0.2, 0) is 43.5 Å². The molecule has 0 saturated carbocycles. The lowest BCUT2D eigenvalue weighted by atomic mass is 10.1. The van der Waals surface area contributed by atoms with E-state index in [2.05, 4.69) is 16.0 Å². The maximum atomic E-state index is 14.8. The number of hydrogen-bond acceptors (Lipinski definition) is 8. The quantitative estimate of drug-likeness (QED) is 0.0891. The summed E-state index contributed by atoms with van der Waals surface area (Å²) in [6, 6.07) is 10.1. The fourth-order valence-corrected chi connectivity index (χ4v) is 6.38. The lowest BCUT2D eigenvalue weighted by molar-refractivity contribution is -0.158. The Morgan fingerprint density at radius 1 is 0.611 bits per heavy atom. The predicted octanol–water partition coefficient (Wildman–Crippen LogP) is 9.00. The minimum absolute atomic E-state index is 0.00308. The molecule has 284 valence electrons. The second kappa shape index (κ2) is 18.8. The Bertz CT molecular complexity index is 2130. The molecule has 0 saturated heterocycles. The van der Waals surface area contributed by atoms with Crippen molar-refractivity contribution in [3.05, 3.63) is 113 Å². The van der Waals surface area contributed by atoms with Crippen LogP contribution >= 0.6 is 69.6 Å². The molecule has 54 heavy (non-hydrogen) atoms. The Morgan fingerprint density at radius 2 is 1.04 bits per heavy atom. The SMILES string of the molecule is CC(=O)Nc1cc(Cl)cc(COc2c(Cl)cc(CC(=O)OC(=O)CNC(=O)c3cc(Cl)c(OCc4cc(Cl)cc(NC(C)=O)c4F)c(Cl)c3)cc2Cl)c1F. The minimum Gasteiger partial charge on any atom is -0.486 e. The number of hydrogen-bond donors (Lipinski definition) is 3. The van der Waals surface area contributed by atoms with Crippen molar-refractivity contribution in [3.8, 4) is 11.5 Å². The summed E-state index contributed by atoms with van der Waals surface area (Å²) in [6.07, 6.45) is -0.456. The van der Waals surface area contributed by atoms with E-state index in [0.29, 0.717) is 0 Å². The van der Waals surface area contributed by atoms with Gasteiger partial charge in [0, 0.05) is 40.6 Å². The zero-order valence-electron chi connectivity index (χ0n) is 27.7. The monoisotopic (exact) mass is 863 g/mol. The van der Waals surface area contributed by atoms with Crippen LogP contribution in [0.5, 0.6) is 11.5 Å². The van der Waals surface area contributed by atoms with Crippen molar-refractivity contribution in [3.63, 3.8) is 0 Å². The molecule has 4 aromatic carbocycles. The van der Waals surface area contributed by atoms with E-state index in [-0.39, 0.29) is 81.9 Å². The second-order valence-electron chi connectivity index (χ2n) is 11.2. The molecular weight excluding hydrogens is 841 g/mol. The molecule has 0 atom stereocenters. The highest BCUT2D eigenvalue weighted by atomic mass is 35.5. The molecule has 4 rings (SSSR count). The normalized spacial score (nSPS) is 10.7. The summed E-state index contributed by atoms with van der Waals surface area (Å²) < 4.78 is 45.6. The second-order valence-corrected chi connectivity index (χ2v) is 13.7. The summed E-state index contributed by atoms with van der Waals surface area (Å²) in [5.74, 6) is -5.63. The molecule has 0 aromatic heterocycles. The molecule has 0 aliphatic heterocycles. The van der Waals surface area contributed by atoms with Gasteiger partial charge in [0.1, 0.15) is 19.8 Å². The van der Waals surface area contributed by atoms with Crippen molar-refractivity contribution in [2.75, 3.05) is 17.2 Å². The van der Waals surface area contributed by atoms with E-state index in [4.69, 9.17) is 83.8 Å². The highest BCUT2D eigenvalue weighted by Crippen LogP contribution is 2.37. The van der Waals surface area contributed by atoms with Crippen molar-refractivity contribution in [1.29, 1.82) is 0 Å². The Balaban J connectivity index is 1.30. The average Bonchev–Trinajstić information content (AvgIpc) is 3.06. The largest absolute Gasteiger partial charge is 0.486 e. The first kappa shape index (κ1) is 42.4. The van der Waals surface area contributed by atoms with Crippen molar-refractivity contribution in [2.45, 2.75) is 33.5 Å². The number of esters is 2. The van der Waals surface area contributed by atoms with Crippen LogP contribution in [-0.4, -0.2) is 36.2 Å². The van der Waals surface area contributed by atoms with E-state index in [0.717, 1.165) is 0 Å². The van der Waals surface area contributed by atoms with Crippen LogP contribution in [0.25, 0.3) is 0 Å². The van der Waals surface area contributed by atoms with Gasteiger partial charge >= 0.3 is 11.9 Å². The molecule has 0 unspecified atom stereocenters. The van der Waals surface area contributed by atoms with Crippen LogP contribution < -0.4 is 25.4 Å². The van der Waals surface area contributed by atoms with E-state index in [1.807, 2.05) is 0 Å². The molecule has 0 spiro atoms. The third-order valence-corrected chi connectivity index (χ3v) is 8.44. The number of anilines is 2. The minimum atomic E-state index is -1.10. The topological polar surface area (TPSA) is 149 Å². The third-order valence-electron chi connectivity index (χ3n) is 6.88. The van der Waals surface area contributed by atoms with Gasteiger partial charge in [0.25, 0.3) is 5.91 Å². The maximum Gasteiger partial charge on any atom is 0.333 e. The van der Waals surface area contributed by atoms with Crippen LogP contribution in [0.15, 0.2) is 48.5 Å². The highest BCUT2D eigenvalue weighted by Gasteiger charge is 2.20. The highest BCUT2D eigenvalue weighted by molar-refractivity contribution is 6.38. The van der Waals surface area contributed by atoms with Crippen LogP contribution in [0.2, 0.25) is 30.1 Å². The molecule has 0 radical (unpaired) electrons. The molecule has 11 nitrogen and oxygen atoms in total. The number of benzene rings is 4. The van der Waals surface area contributed by atoms with Gasteiger partial charge in [-0.1, -0.05) is 69.6 Å². The maximum absolute atomic E-state index is 14.8. The van der Waals surface area contributed by atoms with Gasteiger partial charge in [-0.2, -0.15) is 0 Å². The molecule has 0 aliphatic rings. The number of amides is 3. The summed E-state index contributed by atoms with van der Waals surface area (Å²) in [7, 11) is 0. The van der Waals surface area contributed by atoms with Crippen LogP contribution in [0, 0.1) is 11.6 Å². The van der Waals surface area contributed by atoms with E-state index < -0.39 is 60.9 Å². The molecule has 0 heterocycles. The van der Waals surface area contributed by atoms with Crippen molar-refractivity contribution in [1.82, 2.24) is 5.32 Å². The fraction of sp³-hybridized carbons (Fsp3) is 0.171. The number of ether oxygens (including phenoxy) is 3. The van der Waals surface area contributed by atoms with Crippen LogP contribution in [0.4, 0.5) is 20.2 Å². The first-order valence-corrected chi connectivity index (χ1v) is 17.4. The number of rotatable bonds is 13. The van der Waals surface area contributed by atoms with Gasteiger partial charge in [0.2, 0.25) is 11.8 Å². The van der Waals surface area contributed by atoms with Gasteiger partial charge in [-0.15, -0.1) is 0 Å². The van der Waals surface area contributed by atoms with Gasteiger partial charge in [-0.3, -0.25) is 19.2 Å². The number of nitrogens with one attached hydrogen (secondary N) is 3. The molecule has 4 aromatic rings. The fourth-order valence-electron chi connectivity index (χ4n) is 4.66. The van der Waals surface area contributed by atoms with E-state index in [1.54, 1.807) is 0 Å². The Morgan fingerprint density at radius 3 is 1.46 bits per heavy atom. The van der Waals surface area contributed by atoms with Crippen molar-refractivity contribution >= 4 is 111 Å². The smallest absolute Gasteiger partial charge is 0.333 e. The van der Waals surface area contributed by atoms with Crippen molar-refractivity contribution in [2.24, 2.45) is 0 Å². The summed E-state index contributed by atoms with van der Waals surface area (Å²) >= 11 is 37.2. The van der Waals surface area contributed by atoms with Crippen LogP contribution in [0.1, 0.15) is 40.9 Å². The number of halogens is 8. The van der Waals surface area contributed by atoms with E-state index in [1.165, 1.54) is 62.4 Å². The Kier molecular flexibility index (Phi) is 14.7. The molecule has 0 bridgehead atoms. The Labute approximate surface area is 336 Å². The first-order valence-electron chi connectivity index (χ1n) is 15.2. The van der Waals surface area contributed by atoms with E-state index in [9.17, 15) is 32.8 Å². The van der Waals surface area contributed by atoms with Gasteiger partial charge in [-0.05, 0) is 54.1 Å². The summed E-state index contributed by atoms with van der Waals surface area (Å²) in [5, 5.41) is 6.84. The van der Waals surface area contributed by atoms with Crippen molar-refractivity contribution < 1.29 is 47.0 Å². The average molecular weight is 866 g/mol. The molecule has 0 aliphatic carbocycles. The molecule has 0 fully saturated rings. The van der Waals surface area contributed by atoms with Gasteiger partial charge in [0.15, 0.2) is 23.1 Å². The van der Waals surface area contributed by atoms with Gasteiger partial charge in [-0.25, -0.2) is 13.6 Å². The number of carbonyl (C=O) groups excluding carboxylic acids is 5. The lowest BCUT2D eigenvalue weighted by Gasteiger charge is -2.14. The van der Waals surface area contributed by atoms with Gasteiger partial charge in [0.05, 0.1) is 37.9 Å². The zero-order valence-corrected chi connectivity index (χ0v) is 32.3. The number of carbonyl (C=O) groups is 5. The third kappa shape index (κ3) is 11.6. The Hall–Kier alpha value is -4.37. The summed E-state index contributed by atoms with van der Waals surface area (Å²) in [5.41, 5.74) is -0.173.